The summed E-state index contributed by atoms with van der Waals surface area (Å²) >= 11 is 0. The maximum Gasteiger partial charge on any atom is 0.321 e. The van der Waals surface area contributed by atoms with Crippen LogP contribution in [0.4, 0.5) is 0 Å². The van der Waals surface area contributed by atoms with Gasteiger partial charge in [-0.25, -0.2) is 0 Å². The first-order valence-corrected chi connectivity index (χ1v) is 7.99. The van der Waals surface area contributed by atoms with Crippen molar-refractivity contribution in [3.8, 4) is 0 Å². The van der Waals surface area contributed by atoms with Crippen LogP contribution in [0.15, 0.2) is 0 Å². The number of rotatable bonds is 2. The lowest BCUT2D eigenvalue weighted by atomic mass is 9.72. The van der Waals surface area contributed by atoms with Crippen molar-refractivity contribution < 1.29 is 9.90 Å². The lowest BCUT2D eigenvalue weighted by Crippen LogP contribution is -2.52. The monoisotopic (exact) mass is 265 g/mol. The van der Waals surface area contributed by atoms with E-state index in [0.717, 1.165) is 13.0 Å². The van der Waals surface area contributed by atoms with Gasteiger partial charge in [-0.2, -0.15) is 0 Å². The van der Waals surface area contributed by atoms with E-state index < -0.39 is 5.97 Å². The van der Waals surface area contributed by atoms with Crippen molar-refractivity contribution in [2.75, 3.05) is 6.54 Å². The van der Waals surface area contributed by atoms with Crippen molar-refractivity contribution >= 4 is 5.97 Å². The molecule has 108 valence electrons. The highest BCUT2D eigenvalue weighted by Gasteiger charge is 2.52. The summed E-state index contributed by atoms with van der Waals surface area (Å²) in [5.74, 6) is 0.504. The van der Waals surface area contributed by atoms with E-state index in [1.165, 1.54) is 38.5 Å². The maximum absolute atomic E-state index is 11.8. The summed E-state index contributed by atoms with van der Waals surface area (Å²) in [6.07, 6.45) is 8.63. The Labute approximate surface area is 116 Å². The van der Waals surface area contributed by atoms with Crippen LogP contribution in [-0.2, 0) is 4.79 Å². The molecule has 19 heavy (non-hydrogen) atoms. The van der Waals surface area contributed by atoms with Crippen molar-refractivity contribution in [2.45, 2.75) is 70.9 Å². The molecule has 0 radical (unpaired) electrons. The fourth-order valence-corrected chi connectivity index (χ4v) is 5.07. The van der Waals surface area contributed by atoms with Gasteiger partial charge < -0.3 is 5.11 Å². The molecule has 0 amide bonds. The van der Waals surface area contributed by atoms with Gasteiger partial charge in [0.25, 0.3) is 0 Å². The highest BCUT2D eigenvalue weighted by atomic mass is 16.4. The SMILES string of the molecule is CC1(C)CCCCC1N1CC2CCCC2C1C(=O)O. The van der Waals surface area contributed by atoms with E-state index in [-0.39, 0.29) is 11.5 Å². The van der Waals surface area contributed by atoms with Crippen LogP contribution in [0.1, 0.15) is 58.8 Å². The Bertz CT molecular complexity index is 366. The third-order valence-electron chi connectivity index (χ3n) is 6.03. The molecule has 0 aromatic carbocycles. The number of aliphatic carboxylic acids is 1. The van der Waals surface area contributed by atoms with Gasteiger partial charge in [0.05, 0.1) is 0 Å². The molecule has 1 aliphatic heterocycles. The van der Waals surface area contributed by atoms with Crippen LogP contribution in [0.2, 0.25) is 0 Å². The smallest absolute Gasteiger partial charge is 0.321 e. The number of carbonyl (C=O) groups is 1. The van der Waals surface area contributed by atoms with Crippen LogP contribution in [-0.4, -0.2) is 34.6 Å². The Morgan fingerprint density at radius 2 is 1.95 bits per heavy atom. The summed E-state index contributed by atoms with van der Waals surface area (Å²) in [7, 11) is 0. The van der Waals surface area contributed by atoms with Crippen molar-refractivity contribution in [1.82, 2.24) is 4.90 Å². The third-order valence-corrected chi connectivity index (χ3v) is 6.03. The van der Waals surface area contributed by atoms with Gasteiger partial charge in [0.15, 0.2) is 0 Å². The number of hydrogen-bond acceptors (Lipinski definition) is 2. The van der Waals surface area contributed by atoms with Crippen molar-refractivity contribution in [3.05, 3.63) is 0 Å². The molecule has 3 heteroatoms. The van der Waals surface area contributed by atoms with Crippen molar-refractivity contribution in [2.24, 2.45) is 17.3 Å². The first-order chi connectivity index (χ1) is 9.00. The maximum atomic E-state index is 11.8. The minimum absolute atomic E-state index is 0.199. The highest BCUT2D eigenvalue weighted by molar-refractivity contribution is 5.74. The summed E-state index contributed by atoms with van der Waals surface area (Å²) in [4.78, 5) is 14.2. The summed E-state index contributed by atoms with van der Waals surface area (Å²) in [5.41, 5.74) is 0.282. The van der Waals surface area contributed by atoms with Crippen molar-refractivity contribution in [3.63, 3.8) is 0 Å². The van der Waals surface area contributed by atoms with Crippen LogP contribution in [0.25, 0.3) is 0 Å². The topological polar surface area (TPSA) is 40.5 Å². The molecule has 0 aromatic heterocycles. The average molecular weight is 265 g/mol. The number of carboxylic acid groups (broad SMARTS) is 1. The highest BCUT2D eigenvalue weighted by Crippen LogP contribution is 2.48. The number of nitrogens with zero attached hydrogens (tertiary/aromatic N) is 1. The second-order valence-electron chi connectivity index (χ2n) is 7.58. The predicted molar refractivity (Wildman–Crippen MR) is 75.0 cm³/mol. The Morgan fingerprint density at radius 3 is 2.63 bits per heavy atom. The Balaban J connectivity index is 1.84. The van der Waals surface area contributed by atoms with E-state index in [1.807, 2.05) is 0 Å². The standard InChI is InChI=1S/C16H27NO2/c1-16(2)9-4-3-8-13(16)17-10-11-6-5-7-12(11)14(17)15(18)19/h11-14H,3-10H2,1-2H3,(H,18,19). The predicted octanol–water partition coefficient (Wildman–Crippen LogP) is 3.14. The molecule has 3 nitrogen and oxygen atoms in total. The summed E-state index contributed by atoms with van der Waals surface area (Å²) < 4.78 is 0. The van der Waals surface area contributed by atoms with E-state index in [4.69, 9.17) is 0 Å². The normalized spacial score (nSPS) is 42.2. The minimum atomic E-state index is -0.573. The van der Waals surface area contributed by atoms with Gasteiger partial charge in [-0.3, -0.25) is 9.69 Å². The Kier molecular flexibility index (Phi) is 3.36. The van der Waals surface area contributed by atoms with E-state index in [0.29, 0.717) is 17.9 Å². The van der Waals surface area contributed by atoms with E-state index in [9.17, 15) is 9.90 Å². The van der Waals surface area contributed by atoms with Crippen molar-refractivity contribution in [1.29, 1.82) is 0 Å². The number of hydrogen-bond donors (Lipinski definition) is 1. The van der Waals surface area contributed by atoms with Gasteiger partial charge in [-0.05, 0) is 42.9 Å². The Morgan fingerprint density at radius 1 is 1.16 bits per heavy atom. The van der Waals surface area contributed by atoms with Gasteiger partial charge >= 0.3 is 5.97 Å². The van der Waals surface area contributed by atoms with Gasteiger partial charge in [0.2, 0.25) is 0 Å². The first-order valence-electron chi connectivity index (χ1n) is 7.99. The molecule has 1 heterocycles. The fourth-order valence-electron chi connectivity index (χ4n) is 5.07. The molecule has 1 N–H and O–H groups in total. The quantitative estimate of drug-likeness (QED) is 0.834. The molecule has 0 aromatic rings. The van der Waals surface area contributed by atoms with Crippen LogP contribution < -0.4 is 0 Å². The van der Waals surface area contributed by atoms with Gasteiger partial charge in [0, 0.05) is 12.6 Å². The van der Waals surface area contributed by atoms with Gasteiger partial charge in [-0.1, -0.05) is 33.1 Å². The molecular weight excluding hydrogens is 238 g/mol. The van der Waals surface area contributed by atoms with Crippen LogP contribution in [0.3, 0.4) is 0 Å². The fraction of sp³-hybridized carbons (Fsp3) is 0.938. The zero-order chi connectivity index (χ0) is 13.6. The zero-order valence-electron chi connectivity index (χ0n) is 12.3. The van der Waals surface area contributed by atoms with Crippen LogP contribution >= 0.6 is 0 Å². The molecule has 2 aliphatic carbocycles. The molecular formula is C16H27NO2. The average Bonchev–Trinajstić information content (AvgIpc) is 2.86. The van der Waals surface area contributed by atoms with E-state index in [2.05, 4.69) is 18.7 Å². The molecule has 0 spiro atoms. The van der Waals surface area contributed by atoms with Crippen LogP contribution in [0.5, 0.6) is 0 Å². The van der Waals surface area contributed by atoms with Gasteiger partial charge in [-0.15, -0.1) is 0 Å². The minimum Gasteiger partial charge on any atom is -0.480 e. The molecule has 0 bridgehead atoms. The van der Waals surface area contributed by atoms with E-state index >= 15 is 0 Å². The van der Waals surface area contributed by atoms with Crippen LogP contribution in [0, 0.1) is 17.3 Å². The largest absolute Gasteiger partial charge is 0.480 e. The summed E-state index contributed by atoms with van der Waals surface area (Å²) in [6.45, 7) is 5.71. The lowest BCUT2D eigenvalue weighted by Gasteiger charge is -2.46. The molecule has 2 saturated carbocycles. The van der Waals surface area contributed by atoms with E-state index in [1.54, 1.807) is 0 Å². The molecule has 4 atom stereocenters. The molecule has 1 saturated heterocycles. The zero-order valence-corrected chi connectivity index (χ0v) is 12.3. The Hall–Kier alpha value is -0.570. The molecule has 3 fully saturated rings. The summed E-state index contributed by atoms with van der Waals surface area (Å²) in [5, 5.41) is 9.69. The summed E-state index contributed by atoms with van der Waals surface area (Å²) in [6, 6.07) is 0.280. The number of carboxylic acids is 1. The number of fused-ring (bicyclic) bond motifs is 1. The number of likely N-dealkylation sites (tertiary alicyclic amines) is 1. The van der Waals surface area contributed by atoms with Gasteiger partial charge in [0.1, 0.15) is 6.04 Å². The molecule has 3 aliphatic rings. The second kappa shape index (κ2) is 4.76. The first kappa shape index (κ1) is 13.4. The lowest BCUT2D eigenvalue weighted by molar-refractivity contribution is -0.146. The molecule has 3 rings (SSSR count). The third kappa shape index (κ3) is 2.20. The second-order valence-corrected chi connectivity index (χ2v) is 7.58. The molecule has 4 unspecified atom stereocenters.